The van der Waals surface area contributed by atoms with E-state index in [1.165, 1.54) is 0 Å². The lowest BCUT2D eigenvalue weighted by Crippen LogP contribution is -2.38. The second kappa shape index (κ2) is 7.40. The molecule has 0 fully saturated rings. The molecule has 0 spiro atoms. The van der Waals surface area contributed by atoms with Gasteiger partial charge in [0.2, 0.25) is 0 Å². The molecule has 1 rings (SSSR count). The highest BCUT2D eigenvalue weighted by atomic mass is 16.4. The van der Waals surface area contributed by atoms with Gasteiger partial charge >= 0.3 is 12.0 Å². The van der Waals surface area contributed by atoms with Gasteiger partial charge in [-0.3, -0.25) is 9.48 Å². The van der Waals surface area contributed by atoms with Crippen LogP contribution in [0.25, 0.3) is 0 Å². The van der Waals surface area contributed by atoms with Crippen LogP contribution >= 0.6 is 0 Å². The summed E-state index contributed by atoms with van der Waals surface area (Å²) in [5.74, 6) is -1.08. The first-order valence-corrected chi connectivity index (χ1v) is 6.34. The van der Waals surface area contributed by atoms with Crippen molar-refractivity contribution in [3.8, 4) is 0 Å². The molecule has 7 nitrogen and oxygen atoms in total. The molecule has 1 heterocycles. The van der Waals surface area contributed by atoms with Crippen LogP contribution in [0, 0.1) is 0 Å². The summed E-state index contributed by atoms with van der Waals surface area (Å²) in [7, 11) is 0. The van der Waals surface area contributed by atoms with Gasteiger partial charge in [0.1, 0.15) is 6.54 Å². The maximum absolute atomic E-state index is 11.3. The molecule has 19 heavy (non-hydrogen) atoms. The van der Waals surface area contributed by atoms with Crippen LogP contribution in [0.3, 0.4) is 0 Å². The number of nitrogens with zero attached hydrogens (tertiary/aromatic N) is 2. The number of carbonyl (C=O) groups excluding carboxylic acids is 1. The van der Waals surface area contributed by atoms with E-state index < -0.39 is 18.5 Å². The van der Waals surface area contributed by atoms with E-state index in [2.05, 4.69) is 29.6 Å². The minimum absolute atomic E-state index is 0.276. The Bertz CT molecular complexity index is 426. The van der Waals surface area contributed by atoms with Crippen LogP contribution in [0.4, 0.5) is 4.79 Å². The van der Waals surface area contributed by atoms with Gasteiger partial charge < -0.3 is 15.7 Å². The highest BCUT2D eigenvalue weighted by Crippen LogP contribution is 2.14. The van der Waals surface area contributed by atoms with Crippen molar-refractivity contribution in [2.24, 2.45) is 0 Å². The Morgan fingerprint density at radius 3 is 2.63 bits per heavy atom. The molecule has 0 radical (unpaired) electrons. The van der Waals surface area contributed by atoms with E-state index in [1.54, 1.807) is 0 Å². The summed E-state index contributed by atoms with van der Waals surface area (Å²) >= 11 is 0. The number of aliphatic carboxylic acids is 1. The number of carbonyl (C=O) groups is 2. The zero-order valence-corrected chi connectivity index (χ0v) is 11.2. The fraction of sp³-hybridized carbons (Fsp3) is 0.583. The number of carboxylic acids is 1. The van der Waals surface area contributed by atoms with E-state index in [-0.39, 0.29) is 6.54 Å². The molecule has 7 heteroatoms. The largest absolute Gasteiger partial charge is 0.480 e. The number of nitrogens with one attached hydrogen (secondary N) is 2. The van der Waals surface area contributed by atoms with E-state index in [4.69, 9.17) is 5.11 Å². The molecule has 1 aromatic rings. The van der Waals surface area contributed by atoms with Gasteiger partial charge in [0, 0.05) is 6.20 Å². The van der Waals surface area contributed by atoms with Gasteiger partial charge in [-0.15, -0.1) is 0 Å². The quantitative estimate of drug-likeness (QED) is 0.690. The van der Waals surface area contributed by atoms with E-state index in [1.807, 2.05) is 16.9 Å². The average molecular weight is 268 g/mol. The fourth-order valence-corrected chi connectivity index (χ4v) is 1.73. The Morgan fingerprint density at radius 2 is 2.05 bits per heavy atom. The van der Waals surface area contributed by atoms with Gasteiger partial charge in [-0.1, -0.05) is 13.8 Å². The number of rotatable bonds is 7. The van der Waals surface area contributed by atoms with Crippen LogP contribution in [0.2, 0.25) is 0 Å². The first-order chi connectivity index (χ1) is 9.06. The maximum atomic E-state index is 11.3. The van der Waals surface area contributed by atoms with E-state index >= 15 is 0 Å². The molecule has 0 bridgehead atoms. The minimum Gasteiger partial charge on any atom is -0.480 e. The summed E-state index contributed by atoms with van der Waals surface area (Å²) in [6, 6.07) is 1.70. The third-order valence-electron chi connectivity index (χ3n) is 2.81. The third kappa shape index (κ3) is 4.99. The molecule has 0 aliphatic heterocycles. The van der Waals surface area contributed by atoms with Crippen LogP contribution in [0.15, 0.2) is 12.3 Å². The smallest absolute Gasteiger partial charge is 0.323 e. The number of hydrogen-bond donors (Lipinski definition) is 3. The van der Waals surface area contributed by atoms with Crippen molar-refractivity contribution in [2.45, 2.75) is 39.3 Å². The van der Waals surface area contributed by atoms with Crippen LogP contribution in [-0.2, 0) is 11.3 Å². The molecule has 2 amide bonds. The van der Waals surface area contributed by atoms with Gasteiger partial charge in [-0.25, -0.2) is 4.79 Å². The van der Waals surface area contributed by atoms with Gasteiger partial charge in [-0.05, 0) is 18.9 Å². The molecular weight excluding hydrogens is 248 g/mol. The summed E-state index contributed by atoms with van der Waals surface area (Å²) in [4.78, 5) is 21.5. The average Bonchev–Trinajstić information content (AvgIpc) is 2.84. The lowest BCUT2D eigenvalue weighted by molar-refractivity contribution is -0.135. The summed E-state index contributed by atoms with van der Waals surface area (Å²) in [5, 5.41) is 17.6. The molecule has 0 saturated heterocycles. The Kier molecular flexibility index (Phi) is 5.84. The summed E-state index contributed by atoms with van der Waals surface area (Å²) < 4.78 is 1.90. The molecule has 0 aliphatic carbocycles. The predicted octanol–water partition coefficient (Wildman–Crippen LogP) is 1.13. The summed E-state index contributed by atoms with van der Waals surface area (Å²) in [6.45, 7) is 4.09. The zero-order valence-electron chi connectivity index (χ0n) is 11.2. The molecule has 0 aliphatic rings. The maximum Gasteiger partial charge on any atom is 0.323 e. The minimum atomic E-state index is -1.08. The Balaban J connectivity index is 2.41. The molecule has 3 N–H and O–H groups in total. The van der Waals surface area contributed by atoms with Crippen molar-refractivity contribution in [1.29, 1.82) is 0 Å². The molecule has 0 saturated carbocycles. The number of aromatic nitrogens is 2. The molecule has 1 aromatic heterocycles. The van der Waals surface area contributed by atoms with Crippen LogP contribution in [-0.4, -0.2) is 33.4 Å². The highest BCUT2D eigenvalue weighted by molar-refractivity contribution is 5.79. The lowest BCUT2D eigenvalue weighted by Gasteiger charge is -2.12. The standard InChI is InChI=1S/C12H20N4O3/c1-3-10(4-2)16-6-5-9(15-16)7-13-12(19)14-8-11(17)18/h5-6,10H,3-4,7-8H2,1-2H3,(H,17,18)(H2,13,14,19). The Labute approximate surface area is 112 Å². The van der Waals surface area contributed by atoms with Crippen molar-refractivity contribution in [1.82, 2.24) is 20.4 Å². The third-order valence-corrected chi connectivity index (χ3v) is 2.81. The summed E-state index contributed by atoms with van der Waals surface area (Å²) in [5.41, 5.74) is 0.748. The number of carboxylic acid groups (broad SMARTS) is 1. The normalized spacial score (nSPS) is 10.5. The molecule has 106 valence electrons. The van der Waals surface area contributed by atoms with Crippen LogP contribution < -0.4 is 10.6 Å². The Hall–Kier alpha value is -2.05. The number of amides is 2. The van der Waals surface area contributed by atoms with E-state index in [0.29, 0.717) is 6.04 Å². The highest BCUT2D eigenvalue weighted by Gasteiger charge is 2.08. The van der Waals surface area contributed by atoms with Crippen molar-refractivity contribution in [2.75, 3.05) is 6.54 Å². The van der Waals surface area contributed by atoms with Crippen LogP contribution in [0.5, 0.6) is 0 Å². The zero-order chi connectivity index (χ0) is 14.3. The fourth-order valence-electron chi connectivity index (χ4n) is 1.73. The SMILES string of the molecule is CCC(CC)n1ccc(CNC(=O)NCC(=O)O)n1. The summed E-state index contributed by atoms with van der Waals surface area (Å²) in [6.07, 6.45) is 3.90. The Morgan fingerprint density at radius 1 is 1.37 bits per heavy atom. The molecular formula is C12H20N4O3. The lowest BCUT2D eigenvalue weighted by atomic mass is 10.2. The number of hydrogen-bond acceptors (Lipinski definition) is 3. The molecule has 0 atom stereocenters. The van der Waals surface area contributed by atoms with E-state index in [9.17, 15) is 9.59 Å². The van der Waals surface area contributed by atoms with Crippen LogP contribution in [0.1, 0.15) is 38.4 Å². The number of urea groups is 1. The van der Waals surface area contributed by atoms with E-state index in [0.717, 1.165) is 18.5 Å². The van der Waals surface area contributed by atoms with Crippen molar-refractivity contribution >= 4 is 12.0 Å². The van der Waals surface area contributed by atoms with Crippen molar-refractivity contribution < 1.29 is 14.7 Å². The molecule has 0 aromatic carbocycles. The van der Waals surface area contributed by atoms with Crippen molar-refractivity contribution in [3.63, 3.8) is 0 Å². The van der Waals surface area contributed by atoms with Gasteiger partial charge in [0.25, 0.3) is 0 Å². The topological polar surface area (TPSA) is 96.2 Å². The van der Waals surface area contributed by atoms with Gasteiger partial charge in [0.05, 0.1) is 18.3 Å². The van der Waals surface area contributed by atoms with Crippen molar-refractivity contribution in [3.05, 3.63) is 18.0 Å². The van der Waals surface area contributed by atoms with Gasteiger partial charge in [-0.2, -0.15) is 5.10 Å². The first-order valence-electron chi connectivity index (χ1n) is 6.34. The molecule has 0 unspecified atom stereocenters. The second-order valence-electron chi connectivity index (χ2n) is 4.19. The monoisotopic (exact) mass is 268 g/mol. The van der Waals surface area contributed by atoms with Gasteiger partial charge in [0.15, 0.2) is 0 Å². The predicted molar refractivity (Wildman–Crippen MR) is 69.7 cm³/mol. The second-order valence-corrected chi connectivity index (χ2v) is 4.19. The first kappa shape index (κ1) is 15.0.